The van der Waals surface area contributed by atoms with Crippen molar-refractivity contribution >= 4 is 11.6 Å². The maximum absolute atomic E-state index is 12.0. The number of nitrogen functional groups attached to an aromatic ring is 1. The van der Waals surface area contributed by atoms with Crippen molar-refractivity contribution in [3.63, 3.8) is 0 Å². The van der Waals surface area contributed by atoms with Crippen LogP contribution in [0.2, 0.25) is 0 Å². The van der Waals surface area contributed by atoms with Crippen LogP contribution in [-0.2, 0) is 16.1 Å². The van der Waals surface area contributed by atoms with E-state index in [9.17, 15) is 4.79 Å². The zero-order chi connectivity index (χ0) is 16.8. The molecule has 0 heterocycles. The van der Waals surface area contributed by atoms with Crippen molar-refractivity contribution in [2.75, 3.05) is 12.3 Å². The summed E-state index contributed by atoms with van der Waals surface area (Å²) in [5.41, 5.74) is 7.43. The molecule has 0 aromatic heterocycles. The number of anilines is 1. The van der Waals surface area contributed by atoms with Gasteiger partial charge in [0, 0.05) is 12.2 Å². The highest BCUT2D eigenvalue weighted by Gasteiger charge is 2.31. The highest BCUT2D eigenvalue weighted by Crippen LogP contribution is 2.35. The van der Waals surface area contributed by atoms with E-state index in [4.69, 9.17) is 10.5 Å². The molecule has 128 valence electrons. The molecule has 3 unspecified atom stereocenters. The summed E-state index contributed by atoms with van der Waals surface area (Å²) in [6.07, 6.45) is 3.75. The molecule has 0 radical (unpaired) electrons. The molecule has 1 aromatic rings. The number of nitrogens with two attached hydrogens (primary N) is 1. The lowest BCUT2D eigenvalue weighted by atomic mass is 9.75. The summed E-state index contributed by atoms with van der Waals surface area (Å²) in [7, 11) is 0. The molecule has 1 fully saturated rings. The second-order valence-corrected chi connectivity index (χ2v) is 7.19. The first-order valence-corrected chi connectivity index (χ1v) is 8.68. The lowest BCUT2D eigenvalue weighted by Gasteiger charge is -2.37. The van der Waals surface area contributed by atoms with Crippen molar-refractivity contribution in [3.05, 3.63) is 29.8 Å². The third kappa shape index (κ3) is 5.54. The highest BCUT2D eigenvalue weighted by atomic mass is 16.5. The Morgan fingerprint density at radius 3 is 2.65 bits per heavy atom. The molecule has 2 rings (SSSR count). The molecule has 1 saturated carbocycles. The van der Waals surface area contributed by atoms with Crippen molar-refractivity contribution < 1.29 is 9.53 Å². The standard InChI is InChI=1S/C19H30N2O2/c1-13(2)17-9-4-14(3)10-18(17)23-12-19(22)21-11-15-5-7-16(20)8-6-15/h5-8,13-14,17-18H,4,9-12,20H2,1-3H3,(H,21,22). The number of rotatable bonds is 6. The third-order valence-electron chi connectivity index (χ3n) is 4.86. The van der Waals surface area contributed by atoms with Gasteiger partial charge >= 0.3 is 0 Å². The Morgan fingerprint density at radius 2 is 2.00 bits per heavy atom. The van der Waals surface area contributed by atoms with Gasteiger partial charge in [0.25, 0.3) is 0 Å². The first-order valence-electron chi connectivity index (χ1n) is 8.68. The van der Waals surface area contributed by atoms with Gasteiger partial charge in [-0.05, 0) is 48.3 Å². The summed E-state index contributed by atoms with van der Waals surface area (Å²) in [5.74, 6) is 1.80. The van der Waals surface area contributed by atoms with E-state index in [-0.39, 0.29) is 18.6 Å². The summed E-state index contributed by atoms with van der Waals surface area (Å²) in [6, 6.07) is 7.53. The van der Waals surface area contributed by atoms with Crippen molar-refractivity contribution in [1.29, 1.82) is 0 Å². The van der Waals surface area contributed by atoms with Crippen LogP contribution in [0.25, 0.3) is 0 Å². The molecule has 1 aliphatic rings. The monoisotopic (exact) mass is 318 g/mol. The van der Waals surface area contributed by atoms with Gasteiger partial charge in [0.2, 0.25) is 5.91 Å². The van der Waals surface area contributed by atoms with Crippen LogP contribution in [0.15, 0.2) is 24.3 Å². The van der Waals surface area contributed by atoms with E-state index in [0.717, 1.165) is 17.7 Å². The molecule has 1 aliphatic carbocycles. The summed E-state index contributed by atoms with van der Waals surface area (Å²) in [4.78, 5) is 12.0. The predicted molar refractivity (Wildman–Crippen MR) is 93.8 cm³/mol. The second-order valence-electron chi connectivity index (χ2n) is 7.19. The van der Waals surface area contributed by atoms with Crippen LogP contribution in [0.3, 0.4) is 0 Å². The fourth-order valence-electron chi connectivity index (χ4n) is 3.38. The van der Waals surface area contributed by atoms with Crippen LogP contribution < -0.4 is 11.1 Å². The molecule has 0 bridgehead atoms. The fourth-order valence-corrected chi connectivity index (χ4v) is 3.38. The topological polar surface area (TPSA) is 64.3 Å². The first kappa shape index (κ1) is 17.8. The summed E-state index contributed by atoms with van der Waals surface area (Å²) in [5, 5.41) is 2.91. The minimum absolute atomic E-state index is 0.0532. The number of ether oxygens (including phenoxy) is 1. The minimum atomic E-state index is -0.0532. The Balaban J connectivity index is 1.77. The summed E-state index contributed by atoms with van der Waals surface area (Å²) in [6.45, 7) is 7.43. The number of amides is 1. The summed E-state index contributed by atoms with van der Waals surface area (Å²) >= 11 is 0. The molecule has 23 heavy (non-hydrogen) atoms. The number of benzene rings is 1. The molecule has 0 aliphatic heterocycles. The molecule has 1 aromatic carbocycles. The molecular formula is C19H30N2O2. The van der Waals surface area contributed by atoms with Gasteiger partial charge in [-0.15, -0.1) is 0 Å². The number of nitrogens with one attached hydrogen (secondary N) is 1. The fraction of sp³-hybridized carbons (Fsp3) is 0.632. The zero-order valence-corrected chi connectivity index (χ0v) is 14.5. The molecule has 1 amide bonds. The van der Waals surface area contributed by atoms with Crippen LogP contribution in [0.5, 0.6) is 0 Å². The molecule has 0 saturated heterocycles. The van der Waals surface area contributed by atoms with E-state index >= 15 is 0 Å². The van der Waals surface area contributed by atoms with E-state index in [1.54, 1.807) is 0 Å². The Kier molecular flexibility index (Phi) is 6.46. The summed E-state index contributed by atoms with van der Waals surface area (Å²) < 4.78 is 5.96. The van der Waals surface area contributed by atoms with E-state index in [1.165, 1.54) is 12.8 Å². The van der Waals surface area contributed by atoms with Crippen LogP contribution in [0, 0.1) is 17.8 Å². The maximum atomic E-state index is 12.0. The Labute approximate surface area is 139 Å². The molecule has 3 atom stereocenters. The highest BCUT2D eigenvalue weighted by molar-refractivity contribution is 5.77. The van der Waals surface area contributed by atoms with Gasteiger partial charge in [-0.2, -0.15) is 0 Å². The van der Waals surface area contributed by atoms with Gasteiger partial charge in [-0.3, -0.25) is 4.79 Å². The van der Waals surface area contributed by atoms with Gasteiger partial charge in [0.1, 0.15) is 6.61 Å². The number of hydrogen-bond donors (Lipinski definition) is 2. The molecular weight excluding hydrogens is 288 g/mol. The van der Waals surface area contributed by atoms with Crippen molar-refractivity contribution in [2.45, 2.75) is 52.7 Å². The van der Waals surface area contributed by atoms with Crippen LogP contribution >= 0.6 is 0 Å². The van der Waals surface area contributed by atoms with E-state index < -0.39 is 0 Å². The van der Waals surface area contributed by atoms with Gasteiger partial charge < -0.3 is 15.8 Å². The van der Waals surface area contributed by atoms with Gasteiger partial charge in [-0.1, -0.05) is 39.3 Å². The average Bonchev–Trinajstić information content (AvgIpc) is 2.52. The van der Waals surface area contributed by atoms with E-state index in [1.807, 2.05) is 24.3 Å². The van der Waals surface area contributed by atoms with Crippen molar-refractivity contribution in [1.82, 2.24) is 5.32 Å². The van der Waals surface area contributed by atoms with Crippen LogP contribution in [0.4, 0.5) is 5.69 Å². The van der Waals surface area contributed by atoms with E-state index in [2.05, 4.69) is 26.1 Å². The average molecular weight is 318 g/mol. The van der Waals surface area contributed by atoms with Gasteiger partial charge in [0.05, 0.1) is 6.10 Å². The molecule has 4 nitrogen and oxygen atoms in total. The minimum Gasteiger partial charge on any atom is -0.399 e. The quantitative estimate of drug-likeness (QED) is 0.791. The molecule has 4 heteroatoms. The third-order valence-corrected chi connectivity index (χ3v) is 4.86. The maximum Gasteiger partial charge on any atom is 0.246 e. The zero-order valence-electron chi connectivity index (χ0n) is 14.5. The smallest absolute Gasteiger partial charge is 0.246 e. The molecule has 3 N–H and O–H groups in total. The Morgan fingerprint density at radius 1 is 1.30 bits per heavy atom. The molecule has 0 spiro atoms. The van der Waals surface area contributed by atoms with Crippen LogP contribution in [-0.4, -0.2) is 18.6 Å². The normalized spacial score (nSPS) is 24.6. The lowest BCUT2D eigenvalue weighted by molar-refractivity contribution is -0.131. The van der Waals surface area contributed by atoms with Gasteiger partial charge in [0.15, 0.2) is 0 Å². The first-order chi connectivity index (χ1) is 11.0. The SMILES string of the molecule is CC1CCC(C(C)C)C(OCC(=O)NCc2ccc(N)cc2)C1. The predicted octanol–water partition coefficient (Wildman–Crippen LogP) is 3.36. The van der Waals surface area contributed by atoms with Crippen LogP contribution in [0.1, 0.15) is 45.6 Å². The Hall–Kier alpha value is -1.55. The van der Waals surface area contributed by atoms with Gasteiger partial charge in [-0.25, -0.2) is 0 Å². The number of carbonyl (C=O) groups is 1. The lowest BCUT2D eigenvalue weighted by Crippen LogP contribution is -2.37. The largest absolute Gasteiger partial charge is 0.399 e. The number of carbonyl (C=O) groups excluding carboxylic acids is 1. The van der Waals surface area contributed by atoms with E-state index in [0.29, 0.717) is 24.3 Å². The Bertz CT molecular complexity index is 499. The van der Waals surface area contributed by atoms with Crippen molar-refractivity contribution in [3.8, 4) is 0 Å². The van der Waals surface area contributed by atoms with Crippen molar-refractivity contribution in [2.24, 2.45) is 17.8 Å². The number of hydrogen-bond acceptors (Lipinski definition) is 3. The second kappa shape index (κ2) is 8.34.